The predicted octanol–water partition coefficient (Wildman–Crippen LogP) is 3.74. The van der Waals surface area contributed by atoms with Gasteiger partial charge in [0, 0.05) is 6.20 Å². The fourth-order valence-electron chi connectivity index (χ4n) is 2.06. The molecule has 1 atom stereocenters. The van der Waals surface area contributed by atoms with Crippen molar-refractivity contribution in [3.63, 3.8) is 0 Å². The number of carbonyl (C=O) groups is 1. The van der Waals surface area contributed by atoms with Crippen molar-refractivity contribution in [3.05, 3.63) is 60.3 Å². The second kappa shape index (κ2) is 8.47. The van der Waals surface area contributed by atoms with E-state index in [2.05, 4.69) is 17.1 Å². The molecule has 4 heteroatoms. The van der Waals surface area contributed by atoms with Crippen LogP contribution in [0.5, 0.6) is 0 Å². The Bertz CT molecular complexity index is 545. The molecule has 0 saturated heterocycles. The molecule has 1 aromatic carbocycles. The van der Waals surface area contributed by atoms with Gasteiger partial charge in [0.1, 0.15) is 5.25 Å². The number of esters is 1. The van der Waals surface area contributed by atoms with Gasteiger partial charge < -0.3 is 4.74 Å². The molecule has 0 bridgehead atoms. The molecular formula is C17H19NO2S. The molecule has 1 aromatic heterocycles. The topological polar surface area (TPSA) is 39.2 Å². The Morgan fingerprint density at radius 3 is 2.62 bits per heavy atom. The Hall–Kier alpha value is -1.81. The normalized spacial score (nSPS) is 11.9. The molecule has 0 radical (unpaired) electrons. The lowest BCUT2D eigenvalue weighted by molar-refractivity contribution is -0.140. The van der Waals surface area contributed by atoms with E-state index in [0.29, 0.717) is 0 Å². The van der Waals surface area contributed by atoms with E-state index in [9.17, 15) is 4.79 Å². The van der Waals surface area contributed by atoms with E-state index in [1.807, 2.05) is 36.4 Å². The van der Waals surface area contributed by atoms with Gasteiger partial charge in [0.25, 0.3) is 0 Å². The van der Waals surface area contributed by atoms with E-state index in [-0.39, 0.29) is 11.2 Å². The number of nitrogens with zero attached hydrogens (tertiary/aromatic N) is 1. The van der Waals surface area contributed by atoms with Crippen molar-refractivity contribution >= 4 is 17.7 Å². The van der Waals surface area contributed by atoms with Gasteiger partial charge in [0.05, 0.1) is 12.1 Å². The number of carbonyl (C=O) groups excluding carboxylic acids is 1. The van der Waals surface area contributed by atoms with E-state index in [0.717, 1.165) is 24.3 Å². The molecule has 2 aromatic rings. The maximum atomic E-state index is 11.9. The van der Waals surface area contributed by atoms with Gasteiger partial charge in [0.15, 0.2) is 0 Å². The third-order valence-corrected chi connectivity index (χ3v) is 4.34. The summed E-state index contributed by atoms with van der Waals surface area (Å²) in [6.45, 7) is 0. The van der Waals surface area contributed by atoms with Crippen molar-refractivity contribution < 1.29 is 9.53 Å². The van der Waals surface area contributed by atoms with E-state index < -0.39 is 0 Å². The number of aryl methyl sites for hydroxylation is 1. The summed E-state index contributed by atoms with van der Waals surface area (Å²) in [4.78, 5) is 16.1. The number of hydrogen-bond donors (Lipinski definition) is 0. The largest absolute Gasteiger partial charge is 0.468 e. The molecule has 2 rings (SSSR count). The van der Waals surface area contributed by atoms with Crippen LogP contribution in [0.3, 0.4) is 0 Å². The van der Waals surface area contributed by atoms with Gasteiger partial charge in [0.2, 0.25) is 0 Å². The fourth-order valence-corrected chi connectivity index (χ4v) is 3.10. The van der Waals surface area contributed by atoms with E-state index in [1.165, 1.54) is 24.4 Å². The predicted molar refractivity (Wildman–Crippen MR) is 85.3 cm³/mol. The Morgan fingerprint density at radius 1 is 1.19 bits per heavy atom. The zero-order valence-electron chi connectivity index (χ0n) is 12.1. The maximum Gasteiger partial charge on any atom is 0.319 e. The lowest BCUT2D eigenvalue weighted by atomic mass is 10.1. The minimum atomic E-state index is -0.200. The van der Waals surface area contributed by atoms with Crippen LogP contribution in [-0.4, -0.2) is 23.3 Å². The highest BCUT2D eigenvalue weighted by molar-refractivity contribution is 8.00. The number of thioether (sulfide) groups is 1. The molecule has 0 amide bonds. The van der Waals surface area contributed by atoms with Crippen molar-refractivity contribution in [1.82, 2.24) is 4.98 Å². The number of pyridine rings is 1. The molecule has 1 unspecified atom stereocenters. The Balaban J connectivity index is 1.89. The smallest absolute Gasteiger partial charge is 0.319 e. The van der Waals surface area contributed by atoms with Gasteiger partial charge in [-0.1, -0.05) is 48.2 Å². The van der Waals surface area contributed by atoms with E-state index in [1.54, 1.807) is 6.20 Å². The average Bonchev–Trinajstić information content (AvgIpc) is 2.55. The fraction of sp³-hybridized carbons (Fsp3) is 0.294. The summed E-state index contributed by atoms with van der Waals surface area (Å²) in [7, 11) is 1.44. The highest BCUT2D eigenvalue weighted by atomic mass is 32.2. The molecule has 0 aliphatic carbocycles. The maximum absolute atomic E-state index is 11.9. The van der Waals surface area contributed by atoms with E-state index in [4.69, 9.17) is 4.74 Å². The molecule has 1 heterocycles. The summed E-state index contributed by atoms with van der Waals surface area (Å²) in [5, 5.41) is 0.654. The first-order valence-electron chi connectivity index (χ1n) is 6.99. The van der Waals surface area contributed by atoms with Crippen LogP contribution in [0.15, 0.2) is 59.8 Å². The standard InChI is InChI=1S/C17H19NO2S/c1-20-17(19)15(21-16-12-5-6-13-18-16)11-7-10-14-8-3-2-4-9-14/h2-6,8-9,12-13,15H,7,10-11H2,1H3. The van der Waals surface area contributed by atoms with Crippen LogP contribution in [-0.2, 0) is 16.0 Å². The third kappa shape index (κ3) is 5.23. The van der Waals surface area contributed by atoms with Crippen molar-refractivity contribution in [2.24, 2.45) is 0 Å². The minimum absolute atomic E-state index is 0.182. The SMILES string of the molecule is COC(=O)C(CCCc1ccccc1)Sc1ccccn1. The Morgan fingerprint density at radius 2 is 1.95 bits per heavy atom. The molecule has 0 aliphatic rings. The van der Waals surface area contributed by atoms with Gasteiger partial charge in [-0.05, 0) is 37.0 Å². The lowest BCUT2D eigenvalue weighted by Crippen LogP contribution is -2.19. The molecule has 21 heavy (non-hydrogen) atoms. The molecule has 0 N–H and O–H groups in total. The number of benzene rings is 1. The summed E-state index contributed by atoms with van der Waals surface area (Å²) in [6, 6.07) is 16.0. The molecule has 0 aliphatic heterocycles. The minimum Gasteiger partial charge on any atom is -0.468 e. The monoisotopic (exact) mass is 301 g/mol. The number of aromatic nitrogens is 1. The van der Waals surface area contributed by atoms with Crippen LogP contribution < -0.4 is 0 Å². The first-order valence-corrected chi connectivity index (χ1v) is 7.87. The molecule has 0 spiro atoms. The quantitative estimate of drug-likeness (QED) is 0.577. The molecule has 3 nitrogen and oxygen atoms in total. The van der Waals surface area contributed by atoms with Crippen molar-refractivity contribution in [2.75, 3.05) is 7.11 Å². The van der Waals surface area contributed by atoms with Crippen molar-refractivity contribution in [3.8, 4) is 0 Å². The molecular weight excluding hydrogens is 282 g/mol. The van der Waals surface area contributed by atoms with Crippen LogP contribution in [0.25, 0.3) is 0 Å². The first kappa shape index (κ1) is 15.6. The zero-order chi connectivity index (χ0) is 14.9. The summed E-state index contributed by atoms with van der Waals surface area (Å²) < 4.78 is 4.90. The Labute approximate surface area is 129 Å². The number of methoxy groups -OCH3 is 1. The highest BCUT2D eigenvalue weighted by Gasteiger charge is 2.20. The van der Waals surface area contributed by atoms with E-state index >= 15 is 0 Å². The van der Waals surface area contributed by atoms with Gasteiger partial charge in [-0.25, -0.2) is 4.98 Å². The van der Waals surface area contributed by atoms with Crippen LogP contribution in [0.2, 0.25) is 0 Å². The van der Waals surface area contributed by atoms with Crippen LogP contribution >= 0.6 is 11.8 Å². The number of hydrogen-bond acceptors (Lipinski definition) is 4. The van der Waals surface area contributed by atoms with Gasteiger partial charge in [-0.3, -0.25) is 4.79 Å². The second-order valence-electron chi connectivity index (χ2n) is 4.68. The summed E-state index contributed by atoms with van der Waals surface area (Å²) in [6.07, 6.45) is 4.43. The molecule has 110 valence electrons. The van der Waals surface area contributed by atoms with Gasteiger partial charge >= 0.3 is 5.97 Å². The van der Waals surface area contributed by atoms with Crippen molar-refractivity contribution in [2.45, 2.75) is 29.5 Å². The zero-order valence-corrected chi connectivity index (χ0v) is 12.9. The third-order valence-electron chi connectivity index (χ3n) is 3.14. The van der Waals surface area contributed by atoms with Gasteiger partial charge in [-0.15, -0.1) is 0 Å². The van der Waals surface area contributed by atoms with Gasteiger partial charge in [-0.2, -0.15) is 0 Å². The lowest BCUT2D eigenvalue weighted by Gasteiger charge is -2.13. The summed E-state index contributed by atoms with van der Waals surface area (Å²) in [5.41, 5.74) is 1.30. The molecule has 0 fully saturated rings. The number of rotatable bonds is 7. The first-order chi connectivity index (χ1) is 10.3. The van der Waals surface area contributed by atoms with Crippen LogP contribution in [0.4, 0.5) is 0 Å². The highest BCUT2D eigenvalue weighted by Crippen LogP contribution is 2.25. The average molecular weight is 301 g/mol. The summed E-state index contributed by atoms with van der Waals surface area (Å²) in [5.74, 6) is -0.182. The Kier molecular flexibility index (Phi) is 6.28. The summed E-state index contributed by atoms with van der Waals surface area (Å²) >= 11 is 1.47. The van der Waals surface area contributed by atoms with Crippen LogP contribution in [0, 0.1) is 0 Å². The van der Waals surface area contributed by atoms with Crippen molar-refractivity contribution in [1.29, 1.82) is 0 Å². The second-order valence-corrected chi connectivity index (χ2v) is 5.90. The molecule has 0 saturated carbocycles. The number of ether oxygens (including phenoxy) is 1. The van der Waals surface area contributed by atoms with Crippen LogP contribution in [0.1, 0.15) is 18.4 Å².